The number of para-hydroxylation sites is 1. The first kappa shape index (κ1) is 19.6. The van der Waals surface area contributed by atoms with Crippen molar-refractivity contribution in [2.75, 3.05) is 0 Å². The van der Waals surface area contributed by atoms with E-state index < -0.39 is 6.10 Å². The van der Waals surface area contributed by atoms with Crippen molar-refractivity contribution >= 4 is 17.5 Å². The second kappa shape index (κ2) is 7.81. The summed E-state index contributed by atoms with van der Waals surface area (Å²) in [4.78, 5) is 12.9. The fourth-order valence-corrected chi connectivity index (χ4v) is 3.55. The molecule has 0 saturated heterocycles. The summed E-state index contributed by atoms with van der Waals surface area (Å²) in [6, 6.07) is 13.2. The summed E-state index contributed by atoms with van der Waals surface area (Å²) in [5.74, 6) is 1.20. The minimum absolute atomic E-state index is 0.124. The molecule has 1 aliphatic heterocycles. The van der Waals surface area contributed by atoms with Crippen molar-refractivity contribution in [1.29, 1.82) is 0 Å². The molecule has 4 nitrogen and oxygen atoms in total. The first-order valence-electron chi connectivity index (χ1n) is 9.30. The number of carbonyl (C=O) groups excluding carboxylic acids is 1. The van der Waals surface area contributed by atoms with E-state index in [9.17, 15) is 4.79 Å². The number of amides is 1. The monoisotopic (exact) mass is 387 g/mol. The van der Waals surface area contributed by atoms with Crippen LogP contribution in [0.3, 0.4) is 0 Å². The van der Waals surface area contributed by atoms with Gasteiger partial charge in [-0.15, -0.1) is 0 Å². The maximum Gasteiger partial charge on any atom is 0.261 e. The molecule has 0 fully saturated rings. The fraction of sp³-hybridized carbons (Fsp3) is 0.409. The lowest BCUT2D eigenvalue weighted by Crippen LogP contribution is -2.45. The molecule has 1 aliphatic rings. The molecule has 0 saturated carbocycles. The van der Waals surface area contributed by atoms with Gasteiger partial charge in [-0.2, -0.15) is 0 Å². The Morgan fingerprint density at radius 1 is 1.33 bits per heavy atom. The molecule has 144 valence electrons. The van der Waals surface area contributed by atoms with Gasteiger partial charge in [0.05, 0.1) is 11.1 Å². The second-order valence-corrected chi connectivity index (χ2v) is 8.02. The van der Waals surface area contributed by atoms with Crippen molar-refractivity contribution in [2.24, 2.45) is 0 Å². The first-order chi connectivity index (χ1) is 12.8. The van der Waals surface area contributed by atoms with Gasteiger partial charge in [0.1, 0.15) is 17.1 Å². The predicted molar refractivity (Wildman–Crippen MR) is 108 cm³/mol. The van der Waals surface area contributed by atoms with Crippen LogP contribution in [0.1, 0.15) is 50.8 Å². The summed E-state index contributed by atoms with van der Waals surface area (Å²) >= 11 is 6.17. The number of fused-ring (bicyclic) bond motifs is 1. The lowest BCUT2D eigenvalue weighted by atomic mass is 9.89. The van der Waals surface area contributed by atoms with E-state index in [1.807, 2.05) is 58.0 Å². The molecule has 0 aromatic heterocycles. The van der Waals surface area contributed by atoms with Crippen LogP contribution in [-0.2, 0) is 4.79 Å². The summed E-state index contributed by atoms with van der Waals surface area (Å²) in [5.41, 5.74) is 1.77. The van der Waals surface area contributed by atoms with Crippen molar-refractivity contribution in [2.45, 2.75) is 58.3 Å². The van der Waals surface area contributed by atoms with E-state index in [-0.39, 0.29) is 17.6 Å². The third-order valence-corrected chi connectivity index (χ3v) is 5.02. The topological polar surface area (TPSA) is 47.6 Å². The lowest BCUT2D eigenvalue weighted by Gasteiger charge is -2.38. The number of nitrogens with one attached hydrogen (secondary N) is 1. The van der Waals surface area contributed by atoms with Crippen LogP contribution < -0.4 is 14.8 Å². The maximum absolute atomic E-state index is 12.9. The van der Waals surface area contributed by atoms with Crippen molar-refractivity contribution in [1.82, 2.24) is 5.32 Å². The zero-order chi connectivity index (χ0) is 19.6. The van der Waals surface area contributed by atoms with E-state index in [0.717, 1.165) is 16.9 Å². The summed E-state index contributed by atoms with van der Waals surface area (Å²) in [6.45, 7) is 8.03. The molecule has 5 heteroatoms. The highest BCUT2D eigenvalue weighted by Crippen LogP contribution is 2.40. The van der Waals surface area contributed by atoms with Crippen LogP contribution in [0, 0.1) is 6.92 Å². The van der Waals surface area contributed by atoms with Gasteiger partial charge in [0.15, 0.2) is 6.10 Å². The Bertz CT molecular complexity index is 834. The molecule has 0 aliphatic carbocycles. The molecule has 2 atom stereocenters. The largest absolute Gasteiger partial charge is 0.487 e. The van der Waals surface area contributed by atoms with Crippen molar-refractivity contribution in [3.8, 4) is 11.5 Å². The quantitative estimate of drug-likeness (QED) is 0.764. The number of hydrogen-bond donors (Lipinski definition) is 1. The summed E-state index contributed by atoms with van der Waals surface area (Å²) in [7, 11) is 0. The Hall–Kier alpha value is -2.20. The normalized spacial score (nSPS) is 18.8. The van der Waals surface area contributed by atoms with E-state index in [1.165, 1.54) is 0 Å². The maximum atomic E-state index is 12.9. The number of benzene rings is 2. The van der Waals surface area contributed by atoms with Crippen LogP contribution in [0.5, 0.6) is 11.5 Å². The molecule has 1 amide bonds. The summed E-state index contributed by atoms with van der Waals surface area (Å²) < 4.78 is 12.0. The molecule has 1 heterocycles. The highest BCUT2D eigenvalue weighted by molar-refractivity contribution is 6.32. The molecule has 27 heavy (non-hydrogen) atoms. The van der Waals surface area contributed by atoms with Gasteiger partial charge in [0, 0.05) is 12.0 Å². The van der Waals surface area contributed by atoms with Crippen LogP contribution in [0.25, 0.3) is 0 Å². The van der Waals surface area contributed by atoms with Crippen LogP contribution in [0.2, 0.25) is 5.02 Å². The van der Waals surface area contributed by atoms with Gasteiger partial charge in [-0.25, -0.2) is 0 Å². The van der Waals surface area contributed by atoms with Gasteiger partial charge < -0.3 is 14.8 Å². The third-order valence-electron chi connectivity index (χ3n) is 4.71. The summed E-state index contributed by atoms with van der Waals surface area (Å²) in [6.07, 6.45) is 0.631. The lowest BCUT2D eigenvalue weighted by molar-refractivity contribution is -0.129. The number of rotatable bonds is 5. The number of aryl methyl sites for hydroxylation is 1. The van der Waals surface area contributed by atoms with E-state index in [1.54, 1.807) is 12.1 Å². The molecule has 0 unspecified atom stereocenters. The van der Waals surface area contributed by atoms with Crippen LogP contribution in [0.4, 0.5) is 0 Å². The van der Waals surface area contributed by atoms with Crippen molar-refractivity contribution < 1.29 is 14.3 Å². The van der Waals surface area contributed by atoms with Crippen LogP contribution >= 0.6 is 11.6 Å². The van der Waals surface area contributed by atoms with Crippen LogP contribution in [0.15, 0.2) is 42.5 Å². The van der Waals surface area contributed by atoms with E-state index in [2.05, 4.69) is 5.32 Å². The Balaban J connectivity index is 1.79. The molecular formula is C22H26ClNO3. The van der Waals surface area contributed by atoms with Gasteiger partial charge in [0.2, 0.25) is 0 Å². The summed E-state index contributed by atoms with van der Waals surface area (Å²) in [5, 5.41) is 3.65. The van der Waals surface area contributed by atoms with E-state index in [0.29, 0.717) is 23.6 Å². The first-order valence-corrected chi connectivity index (χ1v) is 9.68. The standard InChI is InChI=1S/C22H26ClNO3/c1-5-18(26-19-9-7-6-8-16(19)23)21(25)24-17-13-22(3,4)27-20-12-14(2)10-11-15(17)20/h6-12,17-18H,5,13H2,1-4H3,(H,24,25)/t17-,18-/m0/s1. The zero-order valence-electron chi connectivity index (χ0n) is 16.2. The van der Waals surface area contributed by atoms with Crippen molar-refractivity contribution in [3.63, 3.8) is 0 Å². The SMILES string of the molecule is CC[C@H](Oc1ccccc1Cl)C(=O)N[C@H]1CC(C)(C)Oc2cc(C)ccc21. The third kappa shape index (κ3) is 4.56. The number of hydrogen-bond acceptors (Lipinski definition) is 3. The zero-order valence-corrected chi connectivity index (χ0v) is 17.0. The molecular weight excluding hydrogens is 362 g/mol. The second-order valence-electron chi connectivity index (χ2n) is 7.61. The Morgan fingerprint density at radius 2 is 2.07 bits per heavy atom. The fourth-order valence-electron chi connectivity index (χ4n) is 3.37. The molecule has 0 spiro atoms. The van der Waals surface area contributed by atoms with E-state index in [4.69, 9.17) is 21.1 Å². The Kier molecular flexibility index (Phi) is 5.66. The molecule has 2 aromatic carbocycles. The number of carbonyl (C=O) groups is 1. The Labute approximate surface area is 165 Å². The Morgan fingerprint density at radius 3 is 2.78 bits per heavy atom. The smallest absolute Gasteiger partial charge is 0.261 e. The van der Waals surface area contributed by atoms with Gasteiger partial charge in [-0.05, 0) is 51.0 Å². The highest BCUT2D eigenvalue weighted by Gasteiger charge is 2.35. The minimum Gasteiger partial charge on any atom is -0.487 e. The van der Waals surface area contributed by atoms with Crippen LogP contribution in [-0.4, -0.2) is 17.6 Å². The van der Waals surface area contributed by atoms with Gasteiger partial charge >= 0.3 is 0 Å². The average Bonchev–Trinajstić information content (AvgIpc) is 2.59. The molecule has 0 bridgehead atoms. The van der Waals surface area contributed by atoms with Gasteiger partial charge in [-0.1, -0.05) is 42.8 Å². The minimum atomic E-state index is -0.607. The molecule has 0 radical (unpaired) electrons. The average molecular weight is 388 g/mol. The molecule has 3 rings (SSSR count). The van der Waals surface area contributed by atoms with E-state index >= 15 is 0 Å². The molecule has 2 aromatic rings. The van der Waals surface area contributed by atoms with Gasteiger partial charge in [-0.3, -0.25) is 4.79 Å². The number of halogens is 1. The molecule has 1 N–H and O–H groups in total. The predicted octanol–water partition coefficient (Wildman–Crippen LogP) is 5.22. The number of ether oxygens (including phenoxy) is 2. The van der Waals surface area contributed by atoms with Crippen molar-refractivity contribution in [3.05, 3.63) is 58.6 Å². The highest BCUT2D eigenvalue weighted by atomic mass is 35.5. The van der Waals surface area contributed by atoms with Gasteiger partial charge in [0.25, 0.3) is 5.91 Å².